The number of carbonyl (C=O) groups is 1. The van der Waals surface area contributed by atoms with E-state index in [2.05, 4.69) is 12.2 Å². The molecule has 1 amide bonds. The van der Waals surface area contributed by atoms with Crippen molar-refractivity contribution in [3.63, 3.8) is 0 Å². The van der Waals surface area contributed by atoms with Gasteiger partial charge in [0.2, 0.25) is 0 Å². The molecule has 0 aliphatic carbocycles. The monoisotopic (exact) mass is 249 g/mol. The Morgan fingerprint density at radius 1 is 1.28 bits per heavy atom. The van der Waals surface area contributed by atoms with Crippen LogP contribution in [-0.2, 0) is 11.2 Å². The first kappa shape index (κ1) is 14.6. The van der Waals surface area contributed by atoms with Crippen LogP contribution in [0.4, 0.5) is 0 Å². The van der Waals surface area contributed by atoms with E-state index in [9.17, 15) is 4.79 Å². The van der Waals surface area contributed by atoms with Crippen molar-refractivity contribution in [2.75, 3.05) is 0 Å². The van der Waals surface area contributed by atoms with Gasteiger partial charge in [0.15, 0.2) is 6.10 Å². The molecule has 0 radical (unpaired) electrons. The van der Waals surface area contributed by atoms with E-state index in [1.165, 1.54) is 0 Å². The smallest absolute Gasteiger partial charge is 0.260 e. The molecule has 0 aromatic heterocycles. The molecule has 18 heavy (non-hydrogen) atoms. The van der Waals surface area contributed by atoms with Gasteiger partial charge in [0.05, 0.1) is 0 Å². The summed E-state index contributed by atoms with van der Waals surface area (Å²) in [5, 5.41) is 2.92. The molecule has 1 rings (SSSR count). The second-order valence-corrected chi connectivity index (χ2v) is 4.54. The molecule has 0 aliphatic heterocycles. The van der Waals surface area contributed by atoms with Crippen molar-refractivity contribution in [1.29, 1.82) is 0 Å². The summed E-state index contributed by atoms with van der Waals surface area (Å²) in [7, 11) is 0. The number of rotatable bonds is 6. The van der Waals surface area contributed by atoms with Gasteiger partial charge in [-0.25, -0.2) is 0 Å². The lowest BCUT2D eigenvalue weighted by Crippen LogP contribution is -2.41. The third kappa shape index (κ3) is 4.06. The van der Waals surface area contributed by atoms with Gasteiger partial charge in [-0.2, -0.15) is 0 Å². The van der Waals surface area contributed by atoms with Crippen molar-refractivity contribution in [3.8, 4) is 5.75 Å². The zero-order chi connectivity index (χ0) is 13.5. The van der Waals surface area contributed by atoms with E-state index < -0.39 is 6.10 Å². The van der Waals surface area contributed by atoms with E-state index >= 15 is 0 Å². The molecule has 3 nitrogen and oxygen atoms in total. The molecule has 0 saturated heterocycles. The first-order valence-electron chi connectivity index (χ1n) is 6.63. The molecule has 0 bridgehead atoms. The average Bonchev–Trinajstić information content (AvgIpc) is 2.39. The zero-order valence-electron chi connectivity index (χ0n) is 11.7. The van der Waals surface area contributed by atoms with Crippen LogP contribution in [0.15, 0.2) is 24.3 Å². The van der Waals surface area contributed by atoms with Crippen molar-refractivity contribution in [3.05, 3.63) is 29.8 Å². The Bertz CT molecular complexity index is 390. The molecule has 1 aromatic rings. The largest absolute Gasteiger partial charge is 0.481 e. The maximum Gasteiger partial charge on any atom is 0.260 e. The molecular formula is C15H23NO2. The topological polar surface area (TPSA) is 38.3 Å². The number of hydrogen-bond donors (Lipinski definition) is 1. The Labute approximate surface area is 110 Å². The maximum absolute atomic E-state index is 11.9. The number of ether oxygens (including phenoxy) is 1. The maximum atomic E-state index is 11.9. The fourth-order valence-corrected chi connectivity index (χ4v) is 1.62. The minimum atomic E-state index is -0.466. The molecule has 0 saturated carbocycles. The summed E-state index contributed by atoms with van der Waals surface area (Å²) < 4.78 is 5.73. The Kier molecular flexibility index (Phi) is 5.69. The number of para-hydroxylation sites is 1. The molecule has 0 spiro atoms. The van der Waals surface area contributed by atoms with Crippen LogP contribution < -0.4 is 10.1 Å². The van der Waals surface area contributed by atoms with Gasteiger partial charge in [0, 0.05) is 6.04 Å². The lowest BCUT2D eigenvalue weighted by molar-refractivity contribution is -0.127. The quantitative estimate of drug-likeness (QED) is 0.841. The molecule has 1 N–H and O–H groups in total. The van der Waals surface area contributed by atoms with Crippen LogP contribution in [0.1, 0.15) is 39.7 Å². The molecule has 0 heterocycles. The molecular weight excluding hydrogens is 226 g/mol. The Morgan fingerprint density at radius 3 is 2.56 bits per heavy atom. The van der Waals surface area contributed by atoms with Gasteiger partial charge in [-0.1, -0.05) is 32.0 Å². The average molecular weight is 249 g/mol. The number of amides is 1. The van der Waals surface area contributed by atoms with Crippen molar-refractivity contribution in [2.24, 2.45) is 0 Å². The molecule has 2 atom stereocenters. The van der Waals surface area contributed by atoms with E-state index in [4.69, 9.17) is 4.74 Å². The number of benzene rings is 1. The molecule has 0 fully saturated rings. The SMILES string of the molecule is CCc1ccccc1O[C@H](C)C(=O)N[C@@H](C)CC. The van der Waals surface area contributed by atoms with Gasteiger partial charge < -0.3 is 10.1 Å². The van der Waals surface area contributed by atoms with Gasteiger partial charge in [-0.3, -0.25) is 4.79 Å². The predicted molar refractivity (Wildman–Crippen MR) is 73.8 cm³/mol. The van der Waals surface area contributed by atoms with Gasteiger partial charge in [0.25, 0.3) is 5.91 Å². The Morgan fingerprint density at radius 2 is 1.94 bits per heavy atom. The highest BCUT2D eigenvalue weighted by Gasteiger charge is 2.17. The van der Waals surface area contributed by atoms with E-state index in [0.29, 0.717) is 0 Å². The summed E-state index contributed by atoms with van der Waals surface area (Å²) >= 11 is 0. The summed E-state index contributed by atoms with van der Waals surface area (Å²) in [5.74, 6) is 0.738. The summed E-state index contributed by atoms with van der Waals surface area (Å²) in [6, 6.07) is 8.02. The lowest BCUT2D eigenvalue weighted by Gasteiger charge is -2.19. The van der Waals surface area contributed by atoms with Crippen molar-refractivity contribution in [2.45, 2.75) is 52.7 Å². The van der Waals surface area contributed by atoms with Crippen molar-refractivity contribution in [1.82, 2.24) is 5.32 Å². The van der Waals surface area contributed by atoms with Gasteiger partial charge in [-0.05, 0) is 38.3 Å². The third-order valence-electron chi connectivity index (χ3n) is 3.03. The van der Waals surface area contributed by atoms with Crippen LogP contribution in [0.3, 0.4) is 0 Å². The summed E-state index contributed by atoms with van der Waals surface area (Å²) in [6.07, 6.45) is 1.35. The standard InChI is InChI=1S/C15H23NO2/c1-5-11(3)16-15(17)12(4)18-14-10-8-7-9-13(14)6-2/h7-12H,5-6H2,1-4H3,(H,16,17)/t11-,12+/m0/s1. The van der Waals surface area contributed by atoms with Crippen molar-refractivity contribution < 1.29 is 9.53 Å². The fraction of sp³-hybridized carbons (Fsp3) is 0.533. The molecule has 3 heteroatoms. The normalized spacial score (nSPS) is 13.8. The van der Waals surface area contributed by atoms with E-state index in [1.54, 1.807) is 6.92 Å². The second kappa shape index (κ2) is 7.04. The van der Waals surface area contributed by atoms with Crippen LogP contribution in [0.5, 0.6) is 5.75 Å². The zero-order valence-corrected chi connectivity index (χ0v) is 11.7. The molecule has 100 valence electrons. The van der Waals surface area contributed by atoms with Crippen LogP contribution in [0.2, 0.25) is 0 Å². The van der Waals surface area contributed by atoms with Crippen LogP contribution in [0, 0.1) is 0 Å². The highest BCUT2D eigenvalue weighted by Crippen LogP contribution is 2.19. The van der Waals surface area contributed by atoms with Gasteiger partial charge in [-0.15, -0.1) is 0 Å². The number of hydrogen-bond acceptors (Lipinski definition) is 2. The molecule has 0 aliphatic rings. The fourth-order valence-electron chi connectivity index (χ4n) is 1.62. The van der Waals surface area contributed by atoms with E-state index in [0.717, 1.165) is 24.2 Å². The Balaban J connectivity index is 2.63. The minimum Gasteiger partial charge on any atom is -0.481 e. The molecule has 1 aromatic carbocycles. The van der Waals surface area contributed by atoms with Crippen LogP contribution in [0.25, 0.3) is 0 Å². The lowest BCUT2D eigenvalue weighted by atomic mass is 10.1. The van der Waals surface area contributed by atoms with Gasteiger partial charge >= 0.3 is 0 Å². The highest BCUT2D eigenvalue weighted by molar-refractivity contribution is 5.81. The molecule has 0 unspecified atom stereocenters. The van der Waals surface area contributed by atoms with E-state index in [1.807, 2.05) is 38.1 Å². The van der Waals surface area contributed by atoms with E-state index in [-0.39, 0.29) is 11.9 Å². The third-order valence-corrected chi connectivity index (χ3v) is 3.03. The van der Waals surface area contributed by atoms with Crippen LogP contribution >= 0.6 is 0 Å². The first-order chi connectivity index (χ1) is 8.58. The number of nitrogens with one attached hydrogen (secondary N) is 1. The Hall–Kier alpha value is -1.51. The van der Waals surface area contributed by atoms with Crippen LogP contribution in [-0.4, -0.2) is 18.1 Å². The number of aryl methyl sites for hydroxylation is 1. The summed E-state index contributed by atoms with van der Waals surface area (Å²) in [5.41, 5.74) is 1.13. The minimum absolute atomic E-state index is 0.0599. The summed E-state index contributed by atoms with van der Waals surface area (Å²) in [6.45, 7) is 7.89. The number of carbonyl (C=O) groups excluding carboxylic acids is 1. The second-order valence-electron chi connectivity index (χ2n) is 4.54. The predicted octanol–water partition coefficient (Wildman–Crippen LogP) is 2.93. The highest BCUT2D eigenvalue weighted by atomic mass is 16.5. The van der Waals surface area contributed by atoms with Gasteiger partial charge in [0.1, 0.15) is 5.75 Å². The summed E-state index contributed by atoms with van der Waals surface area (Å²) in [4.78, 5) is 11.9. The van der Waals surface area contributed by atoms with Crippen molar-refractivity contribution >= 4 is 5.91 Å². The first-order valence-corrected chi connectivity index (χ1v) is 6.63.